The van der Waals surface area contributed by atoms with Gasteiger partial charge in [-0.15, -0.1) is 34.2 Å². The van der Waals surface area contributed by atoms with Gasteiger partial charge in [-0.3, -0.25) is 4.40 Å². The monoisotopic (exact) mass is 536 g/mol. The number of guanidine groups is 1. The lowest BCUT2D eigenvalue weighted by molar-refractivity contribution is -0.138. The molecule has 0 atom stereocenters. The summed E-state index contributed by atoms with van der Waals surface area (Å²) in [4.78, 5) is 4.20. The average molecular weight is 536 g/mol. The van der Waals surface area contributed by atoms with E-state index in [1.54, 1.807) is 0 Å². The SMILES string of the molecule is CCNC(=NCc1ccc(F)cc1C(F)(F)F)NCCc1nnc2ccccn12.I. The number of pyridine rings is 1. The number of hydrogen-bond donors (Lipinski definition) is 2. The zero-order valence-corrected chi connectivity index (χ0v) is 18.4. The molecular weight excluding hydrogens is 515 g/mol. The Kier molecular flexibility index (Phi) is 8.38. The Morgan fingerprint density at radius 2 is 1.93 bits per heavy atom. The Morgan fingerprint density at radius 1 is 1.13 bits per heavy atom. The van der Waals surface area contributed by atoms with Gasteiger partial charge >= 0.3 is 6.18 Å². The number of benzene rings is 1. The molecule has 6 nitrogen and oxygen atoms in total. The summed E-state index contributed by atoms with van der Waals surface area (Å²) in [5, 5.41) is 14.2. The summed E-state index contributed by atoms with van der Waals surface area (Å²) in [5.74, 6) is 0.177. The van der Waals surface area contributed by atoms with Crippen LogP contribution in [0.25, 0.3) is 5.65 Å². The van der Waals surface area contributed by atoms with Gasteiger partial charge < -0.3 is 10.6 Å². The van der Waals surface area contributed by atoms with Crippen molar-refractivity contribution in [2.75, 3.05) is 13.1 Å². The normalized spacial score (nSPS) is 12.0. The minimum Gasteiger partial charge on any atom is -0.357 e. The summed E-state index contributed by atoms with van der Waals surface area (Å²) >= 11 is 0. The maximum absolute atomic E-state index is 13.2. The Morgan fingerprint density at radius 3 is 2.67 bits per heavy atom. The molecule has 0 aliphatic rings. The van der Waals surface area contributed by atoms with E-state index in [0.717, 1.165) is 23.6 Å². The molecule has 1 aromatic carbocycles. The highest BCUT2D eigenvalue weighted by Gasteiger charge is 2.33. The molecule has 3 rings (SSSR count). The van der Waals surface area contributed by atoms with Crippen LogP contribution in [0.4, 0.5) is 17.6 Å². The van der Waals surface area contributed by atoms with Crippen LogP contribution in [-0.2, 0) is 19.1 Å². The third kappa shape index (κ3) is 6.03. The third-order valence-corrected chi connectivity index (χ3v) is 4.15. The fourth-order valence-corrected chi connectivity index (χ4v) is 2.81. The Balaban J connectivity index is 0.00000320. The van der Waals surface area contributed by atoms with Gasteiger partial charge in [-0.2, -0.15) is 13.2 Å². The van der Waals surface area contributed by atoms with Gasteiger partial charge in [0.15, 0.2) is 11.6 Å². The zero-order chi connectivity index (χ0) is 20.9. The molecule has 0 saturated carbocycles. The first-order chi connectivity index (χ1) is 13.9. The van der Waals surface area contributed by atoms with Gasteiger partial charge in [0, 0.05) is 25.7 Å². The van der Waals surface area contributed by atoms with Gasteiger partial charge in [0.05, 0.1) is 12.1 Å². The van der Waals surface area contributed by atoms with Crippen molar-refractivity contribution in [2.24, 2.45) is 4.99 Å². The largest absolute Gasteiger partial charge is 0.416 e. The maximum atomic E-state index is 13.2. The number of alkyl halides is 3. The Labute approximate surface area is 187 Å². The van der Waals surface area contributed by atoms with Crippen molar-refractivity contribution in [2.45, 2.75) is 26.1 Å². The van der Waals surface area contributed by atoms with Crippen LogP contribution >= 0.6 is 24.0 Å². The van der Waals surface area contributed by atoms with E-state index in [4.69, 9.17) is 0 Å². The van der Waals surface area contributed by atoms with Crippen molar-refractivity contribution >= 4 is 35.6 Å². The van der Waals surface area contributed by atoms with Gasteiger partial charge in [0.1, 0.15) is 11.6 Å². The van der Waals surface area contributed by atoms with E-state index in [9.17, 15) is 17.6 Å². The van der Waals surface area contributed by atoms with Crippen LogP contribution in [0.3, 0.4) is 0 Å². The van der Waals surface area contributed by atoms with Crippen molar-refractivity contribution in [3.63, 3.8) is 0 Å². The van der Waals surface area contributed by atoms with E-state index in [2.05, 4.69) is 25.8 Å². The molecule has 0 aliphatic carbocycles. The van der Waals surface area contributed by atoms with E-state index in [0.29, 0.717) is 31.5 Å². The fourth-order valence-electron chi connectivity index (χ4n) is 2.81. The minimum absolute atomic E-state index is 0. The molecule has 11 heteroatoms. The summed E-state index contributed by atoms with van der Waals surface area (Å²) in [6.45, 7) is 2.60. The molecule has 0 spiro atoms. The van der Waals surface area contributed by atoms with Crippen LogP contribution in [-0.4, -0.2) is 33.6 Å². The molecule has 2 heterocycles. The number of rotatable bonds is 6. The van der Waals surface area contributed by atoms with Crippen molar-refractivity contribution in [3.05, 3.63) is 65.4 Å². The standard InChI is InChI=1S/C19H20F4N6.HI/c1-2-24-18(25-9-8-17-28-27-16-5-3-4-10-29(16)17)26-12-13-6-7-14(20)11-15(13)19(21,22)23;/h3-7,10-11H,2,8-9,12H2,1H3,(H2,24,25,26);1H. The van der Waals surface area contributed by atoms with Crippen molar-refractivity contribution in [1.29, 1.82) is 0 Å². The Bertz CT molecular complexity index is 1000. The lowest BCUT2D eigenvalue weighted by atomic mass is 10.1. The summed E-state index contributed by atoms with van der Waals surface area (Å²) < 4.78 is 54.5. The predicted octanol–water partition coefficient (Wildman–Crippen LogP) is 3.80. The molecular formula is C19H21F4IN6. The smallest absolute Gasteiger partial charge is 0.357 e. The first kappa shape index (κ1) is 23.8. The molecule has 0 aliphatic heterocycles. The van der Waals surface area contributed by atoms with Gasteiger partial charge in [0.2, 0.25) is 0 Å². The molecule has 162 valence electrons. The highest BCUT2D eigenvalue weighted by molar-refractivity contribution is 14.0. The summed E-state index contributed by atoms with van der Waals surface area (Å²) in [5.41, 5.74) is -0.384. The fraction of sp³-hybridized carbons (Fsp3) is 0.316. The minimum atomic E-state index is -4.65. The lowest BCUT2D eigenvalue weighted by Crippen LogP contribution is -2.38. The van der Waals surface area contributed by atoms with Crippen molar-refractivity contribution in [1.82, 2.24) is 25.2 Å². The van der Waals surface area contributed by atoms with Gasteiger partial charge in [-0.1, -0.05) is 12.1 Å². The van der Waals surface area contributed by atoms with Crippen molar-refractivity contribution in [3.8, 4) is 0 Å². The van der Waals surface area contributed by atoms with Crippen LogP contribution in [0.15, 0.2) is 47.6 Å². The van der Waals surface area contributed by atoms with Crippen molar-refractivity contribution < 1.29 is 17.6 Å². The summed E-state index contributed by atoms with van der Waals surface area (Å²) in [6, 6.07) is 8.18. The number of nitrogens with one attached hydrogen (secondary N) is 2. The number of aromatic nitrogens is 3. The highest BCUT2D eigenvalue weighted by atomic mass is 127. The van der Waals surface area contributed by atoms with Crippen LogP contribution in [0.2, 0.25) is 0 Å². The maximum Gasteiger partial charge on any atom is 0.416 e. The van der Waals surface area contributed by atoms with Gasteiger partial charge in [-0.05, 0) is 36.8 Å². The third-order valence-electron chi connectivity index (χ3n) is 4.15. The van der Waals surface area contributed by atoms with Crippen LogP contribution in [0.1, 0.15) is 23.9 Å². The average Bonchev–Trinajstić information content (AvgIpc) is 3.09. The predicted molar refractivity (Wildman–Crippen MR) is 116 cm³/mol. The molecule has 3 aromatic rings. The lowest BCUT2D eigenvalue weighted by Gasteiger charge is -2.14. The molecule has 0 saturated heterocycles. The topological polar surface area (TPSA) is 66.6 Å². The molecule has 30 heavy (non-hydrogen) atoms. The zero-order valence-electron chi connectivity index (χ0n) is 16.1. The second-order valence-electron chi connectivity index (χ2n) is 6.22. The first-order valence-electron chi connectivity index (χ1n) is 9.05. The van der Waals surface area contributed by atoms with E-state index in [1.165, 1.54) is 0 Å². The van der Waals surface area contributed by atoms with Gasteiger partial charge in [-0.25, -0.2) is 9.38 Å². The highest BCUT2D eigenvalue weighted by Crippen LogP contribution is 2.32. The number of aliphatic imine (C=N–C) groups is 1. The second-order valence-corrected chi connectivity index (χ2v) is 6.22. The van der Waals surface area contributed by atoms with E-state index < -0.39 is 17.6 Å². The molecule has 0 fully saturated rings. The van der Waals surface area contributed by atoms with Gasteiger partial charge in [0.25, 0.3) is 0 Å². The second kappa shape index (κ2) is 10.5. The quantitative estimate of drug-likeness (QED) is 0.218. The molecule has 2 aromatic heterocycles. The number of fused-ring (bicyclic) bond motifs is 1. The molecule has 0 radical (unpaired) electrons. The van der Waals surface area contributed by atoms with E-state index >= 15 is 0 Å². The number of halogens is 5. The molecule has 0 unspecified atom stereocenters. The van der Waals surface area contributed by atoms with Crippen LogP contribution < -0.4 is 10.6 Å². The first-order valence-corrected chi connectivity index (χ1v) is 9.05. The van der Waals surface area contributed by atoms with E-state index in [-0.39, 0.29) is 36.1 Å². The van der Waals surface area contributed by atoms with E-state index in [1.807, 2.05) is 35.7 Å². The van der Waals surface area contributed by atoms with Crippen LogP contribution in [0, 0.1) is 5.82 Å². The summed E-state index contributed by atoms with van der Waals surface area (Å²) in [6.07, 6.45) is -2.25. The summed E-state index contributed by atoms with van der Waals surface area (Å²) in [7, 11) is 0. The number of nitrogens with zero attached hydrogens (tertiary/aromatic N) is 4. The number of hydrogen-bond acceptors (Lipinski definition) is 3. The van der Waals surface area contributed by atoms with Crippen LogP contribution in [0.5, 0.6) is 0 Å². The molecule has 0 bridgehead atoms. The molecule has 0 amide bonds. The molecule has 2 N–H and O–H groups in total. The Hall–Kier alpha value is -2.44.